The molecule has 17 heavy (non-hydrogen) atoms. The van der Waals surface area contributed by atoms with E-state index in [4.69, 9.17) is 4.42 Å². The van der Waals surface area contributed by atoms with Crippen LogP contribution in [0, 0.1) is 0 Å². The maximum Gasteiger partial charge on any atom is 0.183 e. The van der Waals surface area contributed by atoms with Crippen LogP contribution in [0.25, 0.3) is 0 Å². The Labute approximate surface area is 119 Å². The molecule has 3 nitrogen and oxygen atoms in total. The number of likely N-dealkylation sites (tertiary alicyclic amines) is 1. The number of rotatable bonds is 6. The minimum absolute atomic E-state index is 0.770. The third kappa shape index (κ3) is 4.39. The zero-order valence-electron chi connectivity index (χ0n) is 9.85. The summed E-state index contributed by atoms with van der Waals surface area (Å²) >= 11 is 6.74. The molecule has 1 aromatic rings. The van der Waals surface area contributed by atoms with Gasteiger partial charge in [-0.15, -0.1) is 0 Å². The quantitative estimate of drug-likeness (QED) is 0.783. The number of nitrogens with zero attached hydrogens (tertiary/aromatic N) is 1. The second kappa shape index (κ2) is 6.92. The molecular weight excluding hydrogens is 348 g/mol. The van der Waals surface area contributed by atoms with Gasteiger partial charge in [0.2, 0.25) is 0 Å². The van der Waals surface area contributed by atoms with Gasteiger partial charge in [0.25, 0.3) is 0 Å². The van der Waals surface area contributed by atoms with Crippen molar-refractivity contribution in [1.82, 2.24) is 10.2 Å². The Bertz CT molecular complexity index is 329. The molecule has 0 spiro atoms. The molecule has 96 valence electrons. The molecule has 1 N–H and O–H groups in total. The Morgan fingerprint density at radius 2 is 2.06 bits per heavy atom. The van der Waals surface area contributed by atoms with Gasteiger partial charge in [0.15, 0.2) is 4.67 Å². The van der Waals surface area contributed by atoms with E-state index in [9.17, 15) is 0 Å². The van der Waals surface area contributed by atoms with E-state index in [-0.39, 0.29) is 0 Å². The lowest BCUT2D eigenvalue weighted by molar-refractivity contribution is 0.329. The first-order chi connectivity index (χ1) is 8.25. The monoisotopic (exact) mass is 364 g/mol. The first kappa shape index (κ1) is 13.6. The first-order valence-corrected chi connectivity index (χ1v) is 7.71. The largest absolute Gasteiger partial charge is 0.452 e. The lowest BCUT2D eigenvalue weighted by Gasteiger charge is -2.13. The van der Waals surface area contributed by atoms with Gasteiger partial charge in [-0.1, -0.05) is 0 Å². The number of hydrogen-bond acceptors (Lipinski definition) is 3. The van der Waals surface area contributed by atoms with E-state index < -0.39 is 0 Å². The maximum atomic E-state index is 5.49. The molecule has 0 atom stereocenters. The van der Waals surface area contributed by atoms with Crippen LogP contribution in [0.3, 0.4) is 0 Å². The van der Waals surface area contributed by atoms with Crippen LogP contribution in [0.5, 0.6) is 0 Å². The molecule has 5 heteroatoms. The van der Waals surface area contributed by atoms with Gasteiger partial charge in [0, 0.05) is 0 Å². The van der Waals surface area contributed by atoms with Gasteiger partial charge in [0.05, 0.1) is 11.0 Å². The van der Waals surface area contributed by atoms with Crippen molar-refractivity contribution in [3.63, 3.8) is 0 Å². The SMILES string of the molecule is Brc1cc(CNCCCN2CCCC2)oc1Br. The molecule has 0 amide bonds. The summed E-state index contributed by atoms with van der Waals surface area (Å²) < 4.78 is 7.24. The topological polar surface area (TPSA) is 28.4 Å². The second-order valence-electron chi connectivity index (χ2n) is 4.41. The van der Waals surface area contributed by atoms with Crippen molar-refractivity contribution < 1.29 is 4.42 Å². The fraction of sp³-hybridized carbons (Fsp3) is 0.667. The van der Waals surface area contributed by atoms with Gasteiger partial charge in [-0.05, 0) is 83.4 Å². The van der Waals surface area contributed by atoms with Crippen molar-refractivity contribution in [2.45, 2.75) is 25.8 Å². The van der Waals surface area contributed by atoms with Crippen LogP contribution in [-0.2, 0) is 6.54 Å². The molecule has 0 unspecified atom stereocenters. The number of halogens is 2. The molecule has 0 bridgehead atoms. The van der Waals surface area contributed by atoms with Crippen LogP contribution in [0.15, 0.2) is 19.6 Å². The van der Waals surface area contributed by atoms with Crippen molar-refractivity contribution in [3.05, 3.63) is 21.0 Å². The molecule has 0 aliphatic carbocycles. The lowest BCUT2D eigenvalue weighted by Crippen LogP contribution is -2.24. The summed E-state index contributed by atoms with van der Waals surface area (Å²) in [4.78, 5) is 2.54. The van der Waals surface area contributed by atoms with Crippen LogP contribution < -0.4 is 5.32 Å². The predicted octanol–water partition coefficient (Wildman–Crippen LogP) is 3.38. The first-order valence-electron chi connectivity index (χ1n) is 6.12. The Balaban J connectivity index is 1.56. The van der Waals surface area contributed by atoms with E-state index in [0.29, 0.717) is 0 Å². The molecule has 1 saturated heterocycles. The summed E-state index contributed by atoms with van der Waals surface area (Å²) in [7, 11) is 0. The molecular formula is C12H18Br2N2O. The highest BCUT2D eigenvalue weighted by molar-refractivity contribution is 9.13. The van der Waals surface area contributed by atoms with E-state index in [0.717, 1.165) is 28.0 Å². The van der Waals surface area contributed by atoms with Gasteiger partial charge in [-0.25, -0.2) is 0 Å². The van der Waals surface area contributed by atoms with Crippen LogP contribution in [0.4, 0.5) is 0 Å². The smallest absolute Gasteiger partial charge is 0.183 e. The van der Waals surface area contributed by atoms with E-state index in [1.54, 1.807) is 0 Å². The van der Waals surface area contributed by atoms with Crippen molar-refractivity contribution in [1.29, 1.82) is 0 Å². The van der Waals surface area contributed by atoms with Crippen molar-refractivity contribution in [2.24, 2.45) is 0 Å². The van der Waals surface area contributed by atoms with Gasteiger partial charge in [-0.2, -0.15) is 0 Å². The summed E-state index contributed by atoms with van der Waals surface area (Å²) in [6, 6.07) is 2.00. The summed E-state index contributed by atoms with van der Waals surface area (Å²) in [5.41, 5.74) is 0. The van der Waals surface area contributed by atoms with Crippen molar-refractivity contribution in [2.75, 3.05) is 26.2 Å². The average Bonchev–Trinajstić information content (AvgIpc) is 2.90. The number of furan rings is 1. The summed E-state index contributed by atoms with van der Waals surface area (Å²) in [5.74, 6) is 0.963. The van der Waals surface area contributed by atoms with E-state index in [1.807, 2.05) is 6.07 Å². The van der Waals surface area contributed by atoms with E-state index in [2.05, 4.69) is 42.1 Å². The predicted molar refractivity (Wildman–Crippen MR) is 76.1 cm³/mol. The third-order valence-electron chi connectivity index (χ3n) is 3.02. The van der Waals surface area contributed by atoms with E-state index in [1.165, 1.54) is 38.9 Å². The Kier molecular flexibility index (Phi) is 5.53. The Hall–Kier alpha value is 0.160. The Morgan fingerprint density at radius 1 is 1.29 bits per heavy atom. The third-order valence-corrected chi connectivity index (χ3v) is 4.73. The van der Waals surface area contributed by atoms with Crippen LogP contribution >= 0.6 is 31.9 Å². The molecule has 1 fully saturated rings. The minimum Gasteiger partial charge on any atom is -0.452 e. The molecule has 1 aliphatic heterocycles. The summed E-state index contributed by atoms with van der Waals surface area (Å²) in [6.45, 7) is 5.64. The Morgan fingerprint density at radius 3 is 2.71 bits per heavy atom. The lowest BCUT2D eigenvalue weighted by atomic mass is 10.3. The fourth-order valence-corrected chi connectivity index (χ4v) is 2.78. The van der Waals surface area contributed by atoms with Crippen LogP contribution in [0.2, 0.25) is 0 Å². The molecule has 1 aliphatic rings. The van der Waals surface area contributed by atoms with Gasteiger partial charge in [0.1, 0.15) is 5.76 Å². The minimum atomic E-state index is 0.770. The zero-order valence-corrected chi connectivity index (χ0v) is 13.0. The van der Waals surface area contributed by atoms with Crippen molar-refractivity contribution in [3.8, 4) is 0 Å². The van der Waals surface area contributed by atoms with Crippen LogP contribution in [-0.4, -0.2) is 31.1 Å². The second-order valence-corrected chi connectivity index (χ2v) is 5.99. The molecule has 0 radical (unpaired) electrons. The van der Waals surface area contributed by atoms with Crippen LogP contribution in [0.1, 0.15) is 25.0 Å². The highest BCUT2D eigenvalue weighted by atomic mass is 79.9. The average molecular weight is 366 g/mol. The highest BCUT2D eigenvalue weighted by Gasteiger charge is 2.10. The van der Waals surface area contributed by atoms with Crippen molar-refractivity contribution >= 4 is 31.9 Å². The zero-order chi connectivity index (χ0) is 12.1. The standard InChI is InChI=1S/C12H18Br2N2O/c13-11-8-10(17-12(11)14)9-15-4-3-7-16-5-1-2-6-16/h8,15H,1-7,9H2. The summed E-state index contributed by atoms with van der Waals surface area (Å²) in [6.07, 6.45) is 3.97. The molecule has 0 saturated carbocycles. The van der Waals surface area contributed by atoms with Gasteiger partial charge in [-0.3, -0.25) is 0 Å². The fourth-order valence-electron chi connectivity index (χ4n) is 2.12. The number of nitrogens with one attached hydrogen (secondary N) is 1. The maximum absolute atomic E-state index is 5.49. The molecule has 1 aromatic heterocycles. The summed E-state index contributed by atoms with van der Waals surface area (Å²) in [5, 5.41) is 3.40. The number of hydrogen-bond donors (Lipinski definition) is 1. The van der Waals surface area contributed by atoms with E-state index >= 15 is 0 Å². The highest BCUT2D eigenvalue weighted by Crippen LogP contribution is 2.26. The molecule has 2 heterocycles. The van der Waals surface area contributed by atoms with Gasteiger partial charge >= 0.3 is 0 Å². The van der Waals surface area contributed by atoms with Gasteiger partial charge < -0.3 is 14.6 Å². The normalized spacial score (nSPS) is 16.8. The molecule has 2 rings (SSSR count). The molecule has 0 aromatic carbocycles.